The lowest BCUT2D eigenvalue weighted by molar-refractivity contribution is -0.150. The molecule has 1 rings (SSSR count). The van der Waals surface area contributed by atoms with Crippen molar-refractivity contribution in [2.75, 3.05) is 13.2 Å². The second-order valence-corrected chi connectivity index (χ2v) is 7.44. The predicted molar refractivity (Wildman–Crippen MR) is 89.2 cm³/mol. The molecule has 0 aliphatic heterocycles. The fourth-order valence-electron chi connectivity index (χ4n) is 2.04. The average Bonchev–Trinajstić information content (AvgIpc) is 2.59. The number of esters is 1. The Morgan fingerprint density at radius 2 is 1.72 bits per heavy atom. The van der Waals surface area contributed by atoms with E-state index in [-0.39, 0.29) is 19.8 Å². The summed E-state index contributed by atoms with van der Waals surface area (Å²) < 4.78 is 56.0. The molecule has 142 valence electrons. The minimum atomic E-state index is -4.77. The Hall–Kier alpha value is -1.34. The van der Waals surface area contributed by atoms with E-state index in [2.05, 4.69) is 0 Å². The zero-order valence-electron chi connectivity index (χ0n) is 14.5. The minimum absolute atomic E-state index is 0.0970. The van der Waals surface area contributed by atoms with Crippen LogP contribution in [0.2, 0.25) is 0 Å². The van der Waals surface area contributed by atoms with E-state index in [9.17, 15) is 18.1 Å². The number of carbonyl (C=O) groups is 1. The lowest BCUT2D eigenvalue weighted by Gasteiger charge is -2.32. The second-order valence-electron chi connectivity index (χ2n) is 5.33. The van der Waals surface area contributed by atoms with Crippen molar-refractivity contribution in [2.45, 2.75) is 39.1 Å². The highest BCUT2D eigenvalue weighted by Crippen LogP contribution is 2.65. The third-order valence-electron chi connectivity index (χ3n) is 3.55. The Morgan fingerprint density at radius 1 is 1.20 bits per heavy atom. The molecule has 0 bridgehead atoms. The lowest BCUT2D eigenvalue weighted by atomic mass is 10.0. The zero-order chi connectivity index (χ0) is 19.1. The van der Waals surface area contributed by atoms with E-state index in [1.807, 2.05) is 0 Å². The maximum atomic E-state index is 14.6. The lowest BCUT2D eigenvalue weighted by Crippen LogP contribution is -2.46. The van der Waals surface area contributed by atoms with E-state index >= 15 is 0 Å². The summed E-state index contributed by atoms with van der Waals surface area (Å²) in [7, 11) is -4.77. The molecule has 1 aromatic carbocycles. The summed E-state index contributed by atoms with van der Waals surface area (Å²) in [5, 5.41) is 0. The molecule has 0 radical (unpaired) electrons. The van der Waals surface area contributed by atoms with Gasteiger partial charge >= 0.3 is 19.2 Å². The smallest absolute Gasteiger partial charge is 0.399 e. The van der Waals surface area contributed by atoms with Gasteiger partial charge in [-0.05, 0) is 19.4 Å². The Balaban J connectivity index is 2.82. The third-order valence-corrected chi connectivity index (χ3v) is 5.88. The number of hydrogen-bond donors (Lipinski definition) is 1. The molecule has 0 aromatic heterocycles. The molecule has 9 heteroatoms. The summed E-state index contributed by atoms with van der Waals surface area (Å²) in [5.41, 5.74) is 2.36. The van der Waals surface area contributed by atoms with Crippen LogP contribution < -0.4 is 5.73 Å². The highest BCUT2D eigenvalue weighted by Gasteiger charge is 2.59. The molecule has 0 saturated heterocycles. The third kappa shape index (κ3) is 5.31. The van der Waals surface area contributed by atoms with E-state index in [1.165, 1.54) is 13.8 Å². The van der Waals surface area contributed by atoms with Gasteiger partial charge in [-0.3, -0.25) is 9.36 Å². The Labute approximate surface area is 146 Å². The van der Waals surface area contributed by atoms with Crippen LogP contribution >= 0.6 is 7.60 Å². The summed E-state index contributed by atoms with van der Waals surface area (Å²) in [4.78, 5) is 12.0. The van der Waals surface area contributed by atoms with E-state index in [4.69, 9.17) is 19.5 Å². The molecule has 1 aromatic rings. The average molecular weight is 379 g/mol. The monoisotopic (exact) mass is 379 g/mol. The van der Waals surface area contributed by atoms with Crippen LogP contribution in [0, 0.1) is 5.92 Å². The van der Waals surface area contributed by atoms with Gasteiger partial charge in [0.25, 0.3) is 0 Å². The molecule has 0 amide bonds. The second kappa shape index (κ2) is 9.38. The first kappa shape index (κ1) is 21.7. The first-order chi connectivity index (χ1) is 11.7. The highest BCUT2D eigenvalue weighted by molar-refractivity contribution is 7.55. The van der Waals surface area contributed by atoms with Crippen LogP contribution in [-0.4, -0.2) is 30.9 Å². The van der Waals surface area contributed by atoms with E-state index in [1.54, 1.807) is 30.3 Å². The van der Waals surface area contributed by atoms with Gasteiger partial charge in [0.2, 0.25) is 0 Å². The summed E-state index contributed by atoms with van der Waals surface area (Å²) >= 11 is 0. The molecular formula is C16H24F2NO5P. The molecule has 0 unspecified atom stereocenters. The molecule has 0 aliphatic carbocycles. The van der Waals surface area contributed by atoms with Gasteiger partial charge in [-0.25, -0.2) is 0 Å². The van der Waals surface area contributed by atoms with Crippen LogP contribution in [0.5, 0.6) is 0 Å². The minimum Gasteiger partial charge on any atom is -0.460 e. The van der Waals surface area contributed by atoms with E-state index < -0.39 is 31.2 Å². The fraction of sp³-hybridized carbons (Fsp3) is 0.562. The number of alkyl halides is 2. The maximum absolute atomic E-state index is 14.6. The number of carbonyl (C=O) groups excluding carboxylic acids is 1. The number of nitrogens with two attached hydrogens (primary N) is 1. The van der Waals surface area contributed by atoms with Crippen molar-refractivity contribution < 1.29 is 31.9 Å². The van der Waals surface area contributed by atoms with Crippen LogP contribution in [0.25, 0.3) is 0 Å². The number of benzene rings is 1. The maximum Gasteiger partial charge on any atom is 0.399 e. The number of hydrogen-bond acceptors (Lipinski definition) is 6. The van der Waals surface area contributed by atoms with Crippen molar-refractivity contribution in [1.82, 2.24) is 0 Å². The van der Waals surface area contributed by atoms with E-state index in [0.29, 0.717) is 5.56 Å². The first-order valence-corrected chi connectivity index (χ1v) is 9.47. The van der Waals surface area contributed by atoms with Crippen molar-refractivity contribution >= 4 is 13.6 Å². The van der Waals surface area contributed by atoms with Gasteiger partial charge in [-0.2, -0.15) is 8.78 Å². The Bertz CT molecular complexity index is 589. The largest absolute Gasteiger partial charge is 0.460 e. The molecule has 0 heterocycles. The van der Waals surface area contributed by atoms with Crippen LogP contribution in [0.1, 0.15) is 26.3 Å². The predicted octanol–water partition coefficient (Wildman–Crippen LogP) is 3.55. The topological polar surface area (TPSA) is 87.9 Å². The number of halogens is 2. The molecule has 0 aliphatic rings. The van der Waals surface area contributed by atoms with Crippen molar-refractivity contribution in [3.8, 4) is 0 Å². The SMILES string of the molecule is CCOP(=O)(OCC)C(F)(F)[C@H](C)[C@H](N)C(=O)OCc1ccccc1. The van der Waals surface area contributed by atoms with E-state index in [0.717, 1.165) is 6.92 Å². The van der Waals surface area contributed by atoms with Gasteiger partial charge in [0.15, 0.2) is 0 Å². The first-order valence-electron chi connectivity index (χ1n) is 7.92. The Morgan fingerprint density at radius 3 is 2.20 bits per heavy atom. The van der Waals surface area contributed by atoms with Gasteiger partial charge in [0.05, 0.1) is 19.1 Å². The molecular weight excluding hydrogens is 355 g/mol. The van der Waals surface area contributed by atoms with Crippen molar-refractivity contribution in [1.29, 1.82) is 0 Å². The van der Waals surface area contributed by atoms with Gasteiger partial charge in [0, 0.05) is 0 Å². The van der Waals surface area contributed by atoms with Gasteiger partial charge in [-0.1, -0.05) is 37.3 Å². The van der Waals surface area contributed by atoms with Crippen molar-refractivity contribution in [3.63, 3.8) is 0 Å². The van der Waals surface area contributed by atoms with Crippen LogP contribution in [0.15, 0.2) is 30.3 Å². The standard InChI is InChI=1S/C16H24F2NO5P/c1-4-23-25(21,24-5-2)16(17,18)12(3)14(19)15(20)22-11-13-9-7-6-8-10-13/h6-10,12,14H,4-5,11,19H2,1-3H3/t12-,14+/m1/s1. The summed E-state index contributed by atoms with van der Waals surface area (Å²) in [6, 6.07) is 7.04. The van der Waals surface area contributed by atoms with Crippen LogP contribution in [0.3, 0.4) is 0 Å². The van der Waals surface area contributed by atoms with Crippen molar-refractivity contribution in [3.05, 3.63) is 35.9 Å². The quantitative estimate of drug-likeness (QED) is 0.494. The summed E-state index contributed by atoms with van der Waals surface area (Å²) in [5.74, 6) is -2.82. The molecule has 0 saturated carbocycles. The summed E-state index contributed by atoms with van der Waals surface area (Å²) in [6.07, 6.45) is 0. The van der Waals surface area contributed by atoms with Crippen molar-refractivity contribution in [2.24, 2.45) is 11.7 Å². The Kier molecular flexibility index (Phi) is 8.15. The molecule has 6 nitrogen and oxygen atoms in total. The fourth-order valence-corrected chi connectivity index (χ4v) is 3.80. The normalized spacial score (nSPS) is 14.8. The molecule has 25 heavy (non-hydrogen) atoms. The zero-order valence-corrected chi connectivity index (χ0v) is 15.4. The summed E-state index contributed by atoms with van der Waals surface area (Å²) in [6.45, 7) is 3.29. The molecule has 0 fully saturated rings. The van der Waals surface area contributed by atoms with Crippen LogP contribution in [0.4, 0.5) is 8.78 Å². The number of rotatable bonds is 10. The molecule has 2 N–H and O–H groups in total. The molecule has 0 spiro atoms. The van der Waals surface area contributed by atoms with Crippen LogP contribution in [-0.2, 0) is 29.8 Å². The van der Waals surface area contributed by atoms with Gasteiger partial charge in [-0.15, -0.1) is 0 Å². The number of ether oxygens (including phenoxy) is 1. The highest BCUT2D eigenvalue weighted by atomic mass is 31.2. The van der Waals surface area contributed by atoms with Gasteiger partial charge in [0.1, 0.15) is 12.6 Å². The molecule has 2 atom stereocenters. The van der Waals surface area contributed by atoms with Gasteiger partial charge < -0.3 is 19.5 Å².